The Kier molecular flexibility index (Phi) is 4.83. The van der Waals surface area contributed by atoms with Gasteiger partial charge in [-0.05, 0) is 66.1 Å². The molecule has 1 N–H and O–H groups in total. The molecule has 3 aromatic carbocycles. The molecule has 30 heavy (non-hydrogen) atoms. The van der Waals surface area contributed by atoms with E-state index in [1.54, 1.807) is 6.92 Å². The molecule has 0 saturated carbocycles. The van der Waals surface area contributed by atoms with Crippen LogP contribution in [0.15, 0.2) is 66.9 Å². The standard InChI is InChI=1S/C22H15ClF4N2O/c1-13-10-15(2-8-19(13)23)21(30,22(25,26)27)16-3-9-20-14(11-16)12-28-29(20)18-6-4-17(24)5-7-18/h2-12,30H,1H3. The lowest BCUT2D eigenvalue weighted by Crippen LogP contribution is -2.43. The van der Waals surface area contributed by atoms with Crippen LogP contribution < -0.4 is 0 Å². The minimum atomic E-state index is -4.98. The third kappa shape index (κ3) is 3.24. The molecule has 3 nitrogen and oxygen atoms in total. The van der Waals surface area contributed by atoms with E-state index in [0.717, 1.165) is 6.07 Å². The van der Waals surface area contributed by atoms with Crippen LogP contribution in [-0.4, -0.2) is 21.1 Å². The van der Waals surface area contributed by atoms with Crippen LogP contribution in [-0.2, 0) is 5.60 Å². The van der Waals surface area contributed by atoms with Crippen LogP contribution in [0, 0.1) is 12.7 Å². The van der Waals surface area contributed by atoms with Gasteiger partial charge in [0.1, 0.15) is 5.82 Å². The first-order chi connectivity index (χ1) is 14.1. The topological polar surface area (TPSA) is 38.1 Å². The van der Waals surface area contributed by atoms with E-state index in [4.69, 9.17) is 11.6 Å². The van der Waals surface area contributed by atoms with Crippen LogP contribution in [0.2, 0.25) is 5.02 Å². The number of hydrogen-bond donors (Lipinski definition) is 1. The van der Waals surface area contributed by atoms with Gasteiger partial charge in [-0.3, -0.25) is 0 Å². The Morgan fingerprint density at radius 1 is 0.933 bits per heavy atom. The summed E-state index contributed by atoms with van der Waals surface area (Å²) in [6.45, 7) is 1.57. The van der Waals surface area contributed by atoms with Crippen LogP contribution in [0.4, 0.5) is 17.6 Å². The van der Waals surface area contributed by atoms with E-state index < -0.39 is 17.6 Å². The highest BCUT2D eigenvalue weighted by Crippen LogP contribution is 2.45. The molecule has 0 aliphatic carbocycles. The minimum absolute atomic E-state index is 0.305. The molecule has 154 valence electrons. The molecule has 0 fully saturated rings. The van der Waals surface area contributed by atoms with Gasteiger partial charge in [0.05, 0.1) is 17.4 Å². The minimum Gasteiger partial charge on any atom is -0.372 e. The molecule has 4 aromatic rings. The van der Waals surface area contributed by atoms with Gasteiger partial charge in [0.2, 0.25) is 5.60 Å². The maximum Gasteiger partial charge on any atom is 0.425 e. The number of aliphatic hydroxyl groups is 1. The van der Waals surface area contributed by atoms with Crippen molar-refractivity contribution in [2.75, 3.05) is 0 Å². The molecule has 1 unspecified atom stereocenters. The van der Waals surface area contributed by atoms with Crippen LogP contribution in [0.1, 0.15) is 16.7 Å². The van der Waals surface area contributed by atoms with Crippen LogP contribution in [0.3, 0.4) is 0 Å². The Morgan fingerprint density at radius 2 is 1.57 bits per heavy atom. The Morgan fingerprint density at radius 3 is 2.20 bits per heavy atom. The number of halogens is 5. The van der Waals surface area contributed by atoms with Crippen molar-refractivity contribution in [3.8, 4) is 5.69 Å². The zero-order valence-electron chi connectivity index (χ0n) is 15.6. The first kappa shape index (κ1) is 20.4. The number of benzene rings is 3. The van der Waals surface area contributed by atoms with Gasteiger partial charge in [0.15, 0.2) is 0 Å². The normalized spacial score (nSPS) is 14.1. The summed E-state index contributed by atoms with van der Waals surface area (Å²) in [5.74, 6) is -0.411. The first-order valence-electron chi connectivity index (χ1n) is 8.91. The molecular weight excluding hydrogens is 420 g/mol. The van der Waals surface area contributed by atoms with Crippen molar-refractivity contribution in [1.29, 1.82) is 0 Å². The predicted molar refractivity (Wildman–Crippen MR) is 106 cm³/mol. The van der Waals surface area contributed by atoms with Crippen molar-refractivity contribution in [2.24, 2.45) is 0 Å². The SMILES string of the molecule is Cc1cc(C(O)(c2ccc3c(cnn3-c3ccc(F)cc3)c2)C(F)(F)F)ccc1Cl. The maximum absolute atomic E-state index is 14.1. The summed E-state index contributed by atoms with van der Waals surface area (Å²) in [7, 11) is 0. The third-order valence-electron chi connectivity index (χ3n) is 5.04. The molecule has 1 atom stereocenters. The van der Waals surface area contributed by atoms with E-state index in [2.05, 4.69) is 5.10 Å². The molecule has 0 radical (unpaired) electrons. The van der Waals surface area contributed by atoms with Gasteiger partial charge < -0.3 is 5.11 Å². The Balaban J connectivity index is 1.87. The summed E-state index contributed by atoms with van der Waals surface area (Å²) in [5.41, 5.74) is -2.41. The van der Waals surface area contributed by atoms with Gasteiger partial charge in [-0.25, -0.2) is 9.07 Å². The maximum atomic E-state index is 14.1. The summed E-state index contributed by atoms with van der Waals surface area (Å²) in [6.07, 6.45) is -3.58. The van der Waals surface area contributed by atoms with Crippen LogP contribution in [0.5, 0.6) is 0 Å². The lowest BCUT2D eigenvalue weighted by atomic mass is 9.84. The number of alkyl halides is 3. The smallest absolute Gasteiger partial charge is 0.372 e. The summed E-state index contributed by atoms with van der Waals surface area (Å²) in [6, 6.07) is 13.2. The quantitative estimate of drug-likeness (QED) is 0.406. The van der Waals surface area contributed by atoms with E-state index in [1.807, 2.05) is 0 Å². The molecule has 0 spiro atoms. The van der Waals surface area contributed by atoms with Crippen molar-refractivity contribution in [3.63, 3.8) is 0 Å². The number of hydrogen-bond acceptors (Lipinski definition) is 2. The fourth-order valence-electron chi connectivity index (χ4n) is 3.41. The molecule has 8 heteroatoms. The molecule has 0 aliphatic rings. The van der Waals surface area contributed by atoms with Gasteiger partial charge in [-0.1, -0.05) is 29.8 Å². The number of fused-ring (bicyclic) bond motifs is 1. The van der Waals surface area contributed by atoms with Gasteiger partial charge in [0.25, 0.3) is 0 Å². The highest BCUT2D eigenvalue weighted by Gasteiger charge is 2.56. The van der Waals surface area contributed by atoms with Gasteiger partial charge in [-0.15, -0.1) is 0 Å². The highest BCUT2D eigenvalue weighted by atomic mass is 35.5. The van der Waals surface area contributed by atoms with Gasteiger partial charge in [-0.2, -0.15) is 18.3 Å². The summed E-state index contributed by atoms with van der Waals surface area (Å²) in [4.78, 5) is 0. The molecule has 4 rings (SSSR count). The van der Waals surface area contributed by atoms with Crippen LogP contribution in [0.25, 0.3) is 16.6 Å². The zero-order chi connectivity index (χ0) is 21.7. The first-order valence-corrected chi connectivity index (χ1v) is 9.29. The molecule has 0 saturated heterocycles. The number of aryl methyl sites for hydroxylation is 1. The van der Waals surface area contributed by atoms with Crippen molar-refractivity contribution < 1.29 is 22.7 Å². The Bertz CT molecular complexity index is 1230. The second kappa shape index (κ2) is 7.11. The third-order valence-corrected chi connectivity index (χ3v) is 5.47. The van der Waals surface area contributed by atoms with Crippen molar-refractivity contribution >= 4 is 22.5 Å². The zero-order valence-corrected chi connectivity index (χ0v) is 16.3. The van der Waals surface area contributed by atoms with E-state index in [1.165, 1.54) is 65.5 Å². The molecule has 1 aromatic heterocycles. The summed E-state index contributed by atoms with van der Waals surface area (Å²) in [5, 5.41) is 15.8. The average Bonchev–Trinajstić information content (AvgIpc) is 3.12. The van der Waals surface area contributed by atoms with E-state index in [-0.39, 0.29) is 11.1 Å². The lowest BCUT2D eigenvalue weighted by Gasteiger charge is -2.32. The predicted octanol–water partition coefficient (Wildman–Crippen LogP) is 5.92. The fourth-order valence-corrected chi connectivity index (χ4v) is 3.53. The molecule has 0 amide bonds. The van der Waals surface area contributed by atoms with E-state index >= 15 is 0 Å². The Hall–Kier alpha value is -2.90. The second-order valence-corrected chi connectivity index (χ2v) is 7.39. The second-order valence-electron chi connectivity index (χ2n) is 6.98. The van der Waals surface area contributed by atoms with E-state index in [9.17, 15) is 22.7 Å². The largest absolute Gasteiger partial charge is 0.425 e. The van der Waals surface area contributed by atoms with Crippen molar-refractivity contribution in [1.82, 2.24) is 9.78 Å². The average molecular weight is 435 g/mol. The van der Waals surface area contributed by atoms with E-state index in [0.29, 0.717) is 27.2 Å². The molecule has 1 heterocycles. The van der Waals surface area contributed by atoms with Crippen LogP contribution >= 0.6 is 11.6 Å². The monoisotopic (exact) mass is 434 g/mol. The molecule has 0 aliphatic heterocycles. The lowest BCUT2D eigenvalue weighted by molar-refractivity contribution is -0.248. The fraction of sp³-hybridized carbons (Fsp3) is 0.136. The number of nitrogens with zero attached hydrogens (tertiary/aromatic N) is 2. The van der Waals surface area contributed by atoms with Gasteiger partial charge in [0, 0.05) is 10.4 Å². The molecular formula is C22H15ClF4N2O. The number of aromatic nitrogens is 2. The number of rotatable bonds is 3. The summed E-state index contributed by atoms with van der Waals surface area (Å²) < 4.78 is 56.9. The van der Waals surface area contributed by atoms with Crippen molar-refractivity contribution in [2.45, 2.75) is 18.7 Å². The Labute approximate surface area is 174 Å². The van der Waals surface area contributed by atoms with Crippen molar-refractivity contribution in [3.05, 3.63) is 94.4 Å². The molecule has 0 bridgehead atoms. The highest BCUT2D eigenvalue weighted by molar-refractivity contribution is 6.31. The van der Waals surface area contributed by atoms with Gasteiger partial charge >= 0.3 is 6.18 Å². The summed E-state index contributed by atoms with van der Waals surface area (Å²) >= 11 is 5.94.